The first-order valence-corrected chi connectivity index (χ1v) is 18.6. The van der Waals surface area contributed by atoms with Crippen LogP contribution in [0.15, 0.2) is 0 Å². The first-order chi connectivity index (χ1) is 25.7. The van der Waals surface area contributed by atoms with Crippen molar-refractivity contribution in [3.63, 3.8) is 0 Å². The highest BCUT2D eigenvalue weighted by Gasteiger charge is 2.58. The molecule has 4 saturated heterocycles. The van der Waals surface area contributed by atoms with E-state index in [0.29, 0.717) is 6.42 Å². The van der Waals surface area contributed by atoms with Gasteiger partial charge in [-0.1, -0.05) is 0 Å². The topological polar surface area (TPSA) is 351 Å². The first-order valence-electron chi connectivity index (χ1n) is 18.6. The summed E-state index contributed by atoms with van der Waals surface area (Å²) in [7, 11) is 0. The van der Waals surface area contributed by atoms with E-state index in [2.05, 4.69) is 0 Å². The van der Waals surface area contributed by atoms with Gasteiger partial charge in [-0.3, -0.25) is 0 Å². The van der Waals surface area contributed by atoms with Gasteiger partial charge in [0.1, 0.15) is 79.4 Å². The van der Waals surface area contributed by atoms with Gasteiger partial charge in [-0.15, -0.1) is 0 Å². The number of hydrogen-bond donors (Lipinski definition) is 14. The molecule has 21 nitrogen and oxygen atoms in total. The van der Waals surface area contributed by atoms with Crippen LogP contribution in [0.3, 0.4) is 0 Å². The molecule has 0 radical (unpaired) electrons. The predicted octanol–water partition coefficient (Wildman–Crippen LogP) is -7.86. The van der Waals surface area contributed by atoms with Crippen LogP contribution in [0.25, 0.3) is 0 Å². The van der Waals surface area contributed by atoms with E-state index in [0.717, 1.165) is 0 Å². The molecule has 15 N–H and O–H groups in total. The normalized spacial score (nSPS) is 54.6. The summed E-state index contributed by atoms with van der Waals surface area (Å²) in [6.07, 6.45) is -29.9. The number of fused-ring (bicyclic) bond motifs is 1. The molecule has 4 heterocycles. The average molecular weight is 790 g/mol. The largest absolute Gasteiger partial charge is 0.427 e. The summed E-state index contributed by atoms with van der Waals surface area (Å²) < 4.78 is 40.6. The fraction of sp³-hybridized carbons (Fsp3) is 1.00. The maximum atomic E-state index is 11.3. The lowest BCUT2D eigenvalue weighted by Crippen LogP contribution is -2.66. The molecule has 6 aliphatic rings. The lowest BCUT2D eigenvalue weighted by Gasteiger charge is -2.50. The average Bonchev–Trinajstić information content (AvgIpc) is 3.15. The SMILES string of the molecule is OCC1OC(OC2CC(O)CC3[OH+]C(C4CCC(O)C(O)C4)C(OC4OC(CO)C(O)C(O)C4OC4OC(CO)C(O)C(O)C4O)CC23)C(O)C(O)C1O. The van der Waals surface area contributed by atoms with Crippen molar-refractivity contribution in [3.8, 4) is 0 Å². The Morgan fingerprint density at radius 2 is 1.00 bits per heavy atom. The van der Waals surface area contributed by atoms with Crippen molar-refractivity contribution in [1.29, 1.82) is 0 Å². The highest BCUT2D eigenvalue weighted by molar-refractivity contribution is 5.00. The second kappa shape index (κ2) is 18.0. The van der Waals surface area contributed by atoms with Gasteiger partial charge < -0.3 is 105 Å². The van der Waals surface area contributed by atoms with Gasteiger partial charge in [0.05, 0.1) is 50.2 Å². The Labute approximate surface area is 309 Å². The van der Waals surface area contributed by atoms with Crippen LogP contribution in [0.4, 0.5) is 0 Å². The highest BCUT2D eigenvalue weighted by atomic mass is 16.8. The Kier molecular flexibility index (Phi) is 14.2. The Hall–Kier alpha value is -0.840. The molecule has 0 aromatic carbocycles. The molecular weight excluding hydrogens is 732 g/mol. The fourth-order valence-electron chi connectivity index (χ4n) is 8.81. The summed E-state index contributed by atoms with van der Waals surface area (Å²) >= 11 is 0. The van der Waals surface area contributed by atoms with E-state index < -0.39 is 161 Å². The van der Waals surface area contributed by atoms with E-state index >= 15 is 0 Å². The van der Waals surface area contributed by atoms with E-state index in [4.69, 9.17) is 33.2 Å². The van der Waals surface area contributed by atoms with Crippen LogP contribution in [0.1, 0.15) is 38.5 Å². The summed E-state index contributed by atoms with van der Waals surface area (Å²) in [5.74, 6) is -0.950. The molecule has 21 heteroatoms. The minimum atomic E-state index is -1.90. The van der Waals surface area contributed by atoms with E-state index in [1.54, 1.807) is 0 Å². The van der Waals surface area contributed by atoms with Gasteiger partial charge in [0, 0.05) is 18.8 Å². The Balaban J connectivity index is 1.28. The van der Waals surface area contributed by atoms with Crippen LogP contribution in [0, 0.1) is 11.8 Å². The summed E-state index contributed by atoms with van der Waals surface area (Å²) in [5, 5.41) is 146. The van der Waals surface area contributed by atoms with E-state index in [9.17, 15) is 71.5 Å². The Morgan fingerprint density at radius 3 is 1.56 bits per heavy atom. The van der Waals surface area contributed by atoms with Crippen LogP contribution in [0.2, 0.25) is 0 Å². The zero-order valence-corrected chi connectivity index (χ0v) is 29.4. The minimum Gasteiger partial charge on any atom is -0.427 e. The molecule has 0 amide bonds. The monoisotopic (exact) mass is 789 g/mol. The van der Waals surface area contributed by atoms with E-state index in [1.807, 2.05) is 0 Å². The molecule has 54 heavy (non-hydrogen) atoms. The third-order valence-electron chi connectivity index (χ3n) is 12.0. The molecule has 2 aliphatic carbocycles. The van der Waals surface area contributed by atoms with Crippen LogP contribution >= 0.6 is 0 Å². The first kappa shape index (κ1) is 42.8. The van der Waals surface area contributed by atoms with Gasteiger partial charge in [0.15, 0.2) is 31.1 Å². The molecule has 2 saturated carbocycles. The van der Waals surface area contributed by atoms with Crippen molar-refractivity contribution >= 4 is 0 Å². The predicted molar refractivity (Wildman–Crippen MR) is 172 cm³/mol. The summed E-state index contributed by atoms with van der Waals surface area (Å²) in [4.78, 5) is 0. The van der Waals surface area contributed by atoms with Crippen LogP contribution < -0.4 is 0 Å². The number of rotatable bonds is 10. The van der Waals surface area contributed by atoms with Crippen molar-refractivity contribution in [3.05, 3.63) is 0 Å². The maximum Gasteiger partial charge on any atom is 0.187 e. The molecule has 0 spiro atoms. The molecule has 6 rings (SSSR count). The van der Waals surface area contributed by atoms with Gasteiger partial charge in [0.2, 0.25) is 0 Å². The number of aliphatic hydroxyl groups excluding tert-OH is 14. The van der Waals surface area contributed by atoms with Gasteiger partial charge in [-0.05, 0) is 25.7 Å². The third kappa shape index (κ3) is 8.63. The van der Waals surface area contributed by atoms with Crippen molar-refractivity contribution < 1.29 is 105 Å². The van der Waals surface area contributed by atoms with Crippen LogP contribution in [0.5, 0.6) is 0 Å². The second-order valence-corrected chi connectivity index (χ2v) is 15.5. The minimum absolute atomic E-state index is 0.0255. The van der Waals surface area contributed by atoms with Gasteiger partial charge in [-0.2, -0.15) is 0 Å². The molecule has 0 bridgehead atoms. The molecular formula is C33H57O21+. The zero-order valence-electron chi connectivity index (χ0n) is 29.4. The standard InChI is InChI=1S/C33H56O21/c34-7-18-21(40)24(43)27(46)31(51-18)49-16-5-11(37)4-15-12(16)6-17(29(48-15)10-1-2-13(38)14(39)3-10)50-33-30(26(45)23(42)20(9-36)53-33)54-32-28(47)25(44)22(41)19(8-35)52-32/h10-47H,1-9H2/p+1. The van der Waals surface area contributed by atoms with Crippen molar-refractivity contribution in [2.75, 3.05) is 19.8 Å². The lowest BCUT2D eigenvalue weighted by molar-refractivity contribution is -0.390. The van der Waals surface area contributed by atoms with Crippen LogP contribution in [-0.2, 0) is 28.4 Å². The highest BCUT2D eigenvalue weighted by Crippen LogP contribution is 2.44. The van der Waals surface area contributed by atoms with Crippen LogP contribution in [-0.4, -0.2) is 231 Å². The fourth-order valence-corrected chi connectivity index (χ4v) is 8.81. The van der Waals surface area contributed by atoms with Crippen molar-refractivity contribution in [2.24, 2.45) is 11.8 Å². The quantitative estimate of drug-likeness (QED) is 0.0914. The molecule has 0 aromatic heterocycles. The zero-order chi connectivity index (χ0) is 39.2. The van der Waals surface area contributed by atoms with Crippen molar-refractivity contribution in [1.82, 2.24) is 0 Å². The smallest absolute Gasteiger partial charge is 0.187 e. The van der Waals surface area contributed by atoms with Crippen molar-refractivity contribution in [2.45, 2.75) is 173 Å². The van der Waals surface area contributed by atoms with E-state index in [-0.39, 0.29) is 38.0 Å². The third-order valence-corrected chi connectivity index (χ3v) is 12.0. The summed E-state index contributed by atoms with van der Waals surface area (Å²) in [5.41, 5.74) is 0. The molecule has 0 aromatic rings. The Morgan fingerprint density at radius 1 is 0.481 bits per heavy atom. The van der Waals surface area contributed by atoms with Gasteiger partial charge >= 0.3 is 0 Å². The number of aliphatic hydroxyl groups is 16. The summed E-state index contributed by atoms with van der Waals surface area (Å²) in [6.45, 7) is -2.24. The lowest BCUT2D eigenvalue weighted by atomic mass is 9.72. The molecule has 24 atom stereocenters. The number of ether oxygens (including phenoxy) is 7. The maximum absolute atomic E-state index is 11.3. The molecule has 314 valence electrons. The number of hydrogen-bond acceptors (Lipinski definition) is 20. The Bertz CT molecular complexity index is 1180. The summed E-state index contributed by atoms with van der Waals surface area (Å²) in [6, 6.07) is 0. The van der Waals surface area contributed by atoms with E-state index in [1.165, 1.54) is 0 Å². The molecule has 6 fully saturated rings. The van der Waals surface area contributed by atoms with Gasteiger partial charge in [0.25, 0.3) is 0 Å². The molecule has 24 unspecified atom stereocenters. The second-order valence-electron chi connectivity index (χ2n) is 15.5. The molecule has 4 aliphatic heterocycles. The van der Waals surface area contributed by atoms with Gasteiger partial charge in [-0.25, -0.2) is 0 Å².